The van der Waals surface area contributed by atoms with Crippen molar-refractivity contribution in [1.82, 2.24) is 9.55 Å². The normalized spacial score (nSPS) is 22.9. The van der Waals surface area contributed by atoms with Crippen molar-refractivity contribution in [1.29, 1.82) is 0 Å². The zero-order chi connectivity index (χ0) is 18.4. The van der Waals surface area contributed by atoms with Crippen molar-refractivity contribution in [3.63, 3.8) is 0 Å². The average Bonchev–Trinajstić information content (AvgIpc) is 2.81. The summed E-state index contributed by atoms with van der Waals surface area (Å²) in [5.74, 6) is -0.374. The molecule has 0 aromatic carbocycles. The third-order valence-electron chi connectivity index (χ3n) is 3.19. The van der Waals surface area contributed by atoms with Crippen LogP contribution in [0.4, 0.5) is 0 Å². The summed E-state index contributed by atoms with van der Waals surface area (Å²) < 4.78 is 11.9. The number of hydrogen-bond donors (Lipinski definition) is 2. The largest absolute Gasteiger partial charge is 0.463 e. The number of esters is 1. The Balaban J connectivity index is 0.000000648. The van der Waals surface area contributed by atoms with E-state index in [1.54, 1.807) is 17.7 Å². The molecular weight excluding hydrogens is 401 g/mol. The van der Waals surface area contributed by atoms with Gasteiger partial charge in [-0.05, 0) is 19.1 Å². The highest BCUT2D eigenvalue weighted by Crippen LogP contribution is 2.27. The van der Waals surface area contributed by atoms with E-state index in [9.17, 15) is 9.59 Å². The maximum Gasteiger partial charge on any atom is 0.302 e. The second kappa shape index (κ2) is 9.74. The van der Waals surface area contributed by atoms with Gasteiger partial charge in [-0.2, -0.15) is 0 Å². The first-order valence-electron chi connectivity index (χ1n) is 6.90. The lowest BCUT2D eigenvalue weighted by Gasteiger charge is -2.17. The minimum Gasteiger partial charge on any atom is -0.463 e. The Morgan fingerprint density at radius 2 is 2.17 bits per heavy atom. The fraction of sp³-hybridized carbons (Fsp3) is 0.615. The van der Waals surface area contributed by atoms with E-state index in [4.69, 9.17) is 62.2 Å². The summed E-state index contributed by atoms with van der Waals surface area (Å²) in [6.45, 7) is 3.14. The van der Waals surface area contributed by atoms with Crippen LogP contribution < -0.4 is 11.3 Å². The molecule has 0 amide bonds. The summed E-state index contributed by atoms with van der Waals surface area (Å²) in [5.41, 5.74) is 6.30. The van der Waals surface area contributed by atoms with Crippen LogP contribution in [-0.2, 0) is 14.3 Å². The molecule has 1 saturated heterocycles. The summed E-state index contributed by atoms with van der Waals surface area (Å²) >= 11 is 19.5. The average molecular weight is 419 g/mol. The zero-order valence-electron chi connectivity index (χ0n) is 13.0. The van der Waals surface area contributed by atoms with Gasteiger partial charge in [0.15, 0.2) is 9.07 Å². The fourth-order valence-electron chi connectivity index (χ4n) is 2.08. The summed E-state index contributed by atoms with van der Waals surface area (Å²) in [6, 6.07) is -0.256. The Hall–Kier alpha value is -0.640. The number of carbonyl (C=O) groups excluding carboxylic acids is 1. The third-order valence-corrected chi connectivity index (χ3v) is 3.50. The maximum absolute atomic E-state index is 11.5. The number of carbonyl (C=O) groups is 1. The first kappa shape index (κ1) is 21.4. The maximum atomic E-state index is 11.5. The minimum absolute atomic E-state index is 0.114. The molecule has 2 heterocycles. The van der Waals surface area contributed by atoms with Crippen LogP contribution in [0.15, 0.2) is 11.0 Å². The van der Waals surface area contributed by atoms with Gasteiger partial charge in [0.1, 0.15) is 18.9 Å². The number of hydrogen-bond acceptors (Lipinski definition) is 6. The van der Waals surface area contributed by atoms with Crippen molar-refractivity contribution in [2.24, 2.45) is 5.73 Å². The van der Waals surface area contributed by atoms with Crippen LogP contribution in [0.1, 0.15) is 25.1 Å². The van der Waals surface area contributed by atoms with E-state index in [0.717, 1.165) is 0 Å². The van der Waals surface area contributed by atoms with E-state index >= 15 is 0 Å². The van der Waals surface area contributed by atoms with E-state index in [1.165, 1.54) is 6.92 Å². The van der Waals surface area contributed by atoms with Gasteiger partial charge in [0.2, 0.25) is 0 Å². The molecule has 24 heavy (non-hydrogen) atoms. The number of alkyl halides is 3. The summed E-state index contributed by atoms with van der Waals surface area (Å²) in [4.78, 5) is 24.8. The van der Waals surface area contributed by atoms with Gasteiger partial charge in [0.05, 0.1) is 0 Å². The molecule has 11 heteroatoms. The Morgan fingerprint density at radius 3 is 2.71 bits per heavy atom. The SMILES string of the molecule is CC(=O)OC[C@H]1O[C@@H](n2cc(C)c(=O)[nH]c2=S)C[C@@H]1N.ClC(Cl)Cl. The molecule has 0 radical (unpaired) electrons. The summed E-state index contributed by atoms with van der Waals surface area (Å²) in [5, 5.41) is 0. The van der Waals surface area contributed by atoms with Crippen LogP contribution in [0, 0.1) is 11.7 Å². The quantitative estimate of drug-likeness (QED) is 0.444. The number of nitrogens with two attached hydrogens (primary N) is 1. The molecule has 1 fully saturated rings. The first-order chi connectivity index (χ1) is 11.1. The van der Waals surface area contributed by atoms with Crippen molar-refractivity contribution in [3.05, 3.63) is 26.9 Å². The van der Waals surface area contributed by atoms with Crippen molar-refractivity contribution in [3.8, 4) is 0 Å². The Labute approximate surface area is 159 Å². The number of ether oxygens (including phenoxy) is 2. The number of aromatic amines is 1. The molecule has 0 aliphatic carbocycles. The molecule has 0 spiro atoms. The lowest BCUT2D eigenvalue weighted by atomic mass is 10.1. The second-order valence-corrected chi connectivity index (χ2v) is 7.42. The topological polar surface area (TPSA) is 99.3 Å². The smallest absolute Gasteiger partial charge is 0.302 e. The Kier molecular flexibility index (Phi) is 8.69. The van der Waals surface area contributed by atoms with E-state index < -0.39 is 4.30 Å². The molecule has 1 aliphatic rings. The van der Waals surface area contributed by atoms with Gasteiger partial charge in [-0.25, -0.2) is 0 Å². The molecule has 3 atom stereocenters. The Bertz CT molecular complexity index is 676. The first-order valence-corrected chi connectivity index (χ1v) is 8.62. The molecule has 136 valence electrons. The molecular formula is C13H18Cl3N3O4S. The van der Waals surface area contributed by atoms with Crippen molar-refractivity contribution in [2.45, 2.75) is 42.9 Å². The van der Waals surface area contributed by atoms with E-state index in [2.05, 4.69) is 4.98 Å². The molecule has 1 aliphatic heterocycles. The molecule has 2 rings (SSSR count). The molecule has 7 nitrogen and oxygen atoms in total. The number of halogens is 3. The number of nitrogens with zero attached hydrogens (tertiary/aromatic N) is 1. The van der Waals surface area contributed by atoms with E-state index in [1.807, 2.05) is 0 Å². The molecule has 1 aromatic rings. The number of rotatable bonds is 3. The fourth-order valence-corrected chi connectivity index (χ4v) is 2.35. The Morgan fingerprint density at radius 1 is 1.58 bits per heavy atom. The predicted octanol–water partition coefficient (Wildman–Crippen LogP) is 2.38. The number of aryl methyl sites for hydroxylation is 1. The van der Waals surface area contributed by atoms with E-state index in [-0.39, 0.29) is 41.3 Å². The summed E-state index contributed by atoms with van der Waals surface area (Å²) in [6.07, 6.45) is 1.44. The number of nitrogens with one attached hydrogen (secondary N) is 1. The van der Waals surface area contributed by atoms with Crippen LogP contribution in [-0.4, -0.2) is 38.6 Å². The zero-order valence-corrected chi connectivity index (χ0v) is 16.1. The predicted molar refractivity (Wildman–Crippen MR) is 95.1 cm³/mol. The molecule has 1 aromatic heterocycles. The van der Waals surface area contributed by atoms with Crippen LogP contribution in [0.25, 0.3) is 0 Å². The van der Waals surface area contributed by atoms with Gasteiger partial charge >= 0.3 is 5.97 Å². The third kappa shape index (κ3) is 6.70. The number of H-pyrrole nitrogens is 1. The highest BCUT2D eigenvalue weighted by Gasteiger charge is 2.34. The lowest BCUT2D eigenvalue weighted by molar-refractivity contribution is -0.146. The van der Waals surface area contributed by atoms with Gasteiger partial charge in [-0.1, -0.05) is 34.8 Å². The highest BCUT2D eigenvalue weighted by molar-refractivity contribution is 7.71. The standard InChI is InChI=1S/C12H17N3O4S.CHCl3/c1-6-4-15(12(20)14-11(6)17)10-3-8(13)9(19-10)5-18-7(2)16;2-1(3)4/h4,8-10H,3,5,13H2,1-2H3,(H,14,17,20);1H/t8-,9+,10+;/m0./s1. The van der Waals surface area contributed by atoms with Gasteiger partial charge in [-0.3, -0.25) is 19.1 Å². The molecule has 0 saturated carbocycles. The minimum atomic E-state index is -0.750. The van der Waals surface area contributed by atoms with E-state index in [0.29, 0.717) is 12.0 Å². The van der Waals surface area contributed by atoms with Crippen LogP contribution in [0.5, 0.6) is 0 Å². The molecule has 0 unspecified atom stereocenters. The number of aromatic nitrogens is 2. The van der Waals surface area contributed by atoms with Gasteiger partial charge in [0.25, 0.3) is 5.56 Å². The summed E-state index contributed by atoms with van der Waals surface area (Å²) in [7, 11) is 0. The second-order valence-electron chi connectivity index (χ2n) is 5.06. The van der Waals surface area contributed by atoms with Crippen molar-refractivity contribution in [2.75, 3.05) is 6.61 Å². The highest BCUT2D eigenvalue weighted by atomic mass is 35.6. The molecule has 3 N–H and O–H groups in total. The lowest BCUT2D eigenvalue weighted by Crippen LogP contribution is -2.34. The van der Waals surface area contributed by atoms with Crippen LogP contribution in [0.2, 0.25) is 0 Å². The molecule has 0 bridgehead atoms. The van der Waals surface area contributed by atoms with Gasteiger partial charge in [-0.15, -0.1) is 0 Å². The van der Waals surface area contributed by atoms with Crippen molar-refractivity contribution >= 4 is 53.0 Å². The van der Waals surface area contributed by atoms with Crippen LogP contribution >= 0.6 is 47.0 Å². The van der Waals surface area contributed by atoms with Gasteiger partial charge in [0, 0.05) is 31.1 Å². The van der Waals surface area contributed by atoms with Crippen LogP contribution in [0.3, 0.4) is 0 Å². The monoisotopic (exact) mass is 417 g/mol. The van der Waals surface area contributed by atoms with Gasteiger partial charge < -0.3 is 15.2 Å². The van der Waals surface area contributed by atoms with Crippen molar-refractivity contribution < 1.29 is 14.3 Å².